The Morgan fingerprint density at radius 2 is 2.25 bits per heavy atom. The van der Waals surface area contributed by atoms with Gasteiger partial charge in [0.25, 0.3) is 0 Å². The predicted molar refractivity (Wildman–Crippen MR) is 45.1 cm³/mol. The lowest BCUT2D eigenvalue weighted by atomic mass is 10.1. The fraction of sp³-hybridized carbons (Fsp3) is 0.111. The van der Waals surface area contributed by atoms with E-state index in [9.17, 15) is 0 Å². The summed E-state index contributed by atoms with van der Waals surface area (Å²) in [5.41, 5.74) is 1.65. The smallest absolute Gasteiger partial charge is 0.0736 e. The molecule has 0 fully saturated rings. The van der Waals surface area contributed by atoms with Gasteiger partial charge in [0.15, 0.2) is 0 Å². The van der Waals surface area contributed by atoms with Gasteiger partial charge in [-0.15, -0.1) is 0 Å². The van der Waals surface area contributed by atoms with Crippen LogP contribution < -0.4 is 0 Å². The van der Waals surface area contributed by atoms with Crippen molar-refractivity contribution in [2.24, 2.45) is 5.16 Å². The molecule has 1 N–H and O–H groups in total. The fourth-order valence-electron chi connectivity index (χ4n) is 0.969. The molecule has 0 unspecified atom stereocenters. The van der Waals surface area contributed by atoms with E-state index >= 15 is 0 Å². The van der Waals surface area contributed by atoms with Crippen molar-refractivity contribution < 1.29 is 5.21 Å². The second kappa shape index (κ2) is 4.14. The average molecular weight is 160 g/mol. The van der Waals surface area contributed by atoms with Gasteiger partial charge in [-0.1, -0.05) is 29.4 Å². The van der Waals surface area contributed by atoms with Gasteiger partial charge >= 0.3 is 0 Å². The number of nitriles is 1. The first-order valence-electron chi connectivity index (χ1n) is 3.50. The van der Waals surface area contributed by atoms with Crippen LogP contribution in [0.15, 0.2) is 29.4 Å². The summed E-state index contributed by atoms with van der Waals surface area (Å²) in [4.78, 5) is 0. The normalized spacial score (nSPS) is 9.92. The standard InChI is InChI=1S/C9H8N2O/c10-6-5-8-3-1-2-4-9(8)7-11-12/h1-4,7,12H,5H2/b11-7-. The third-order valence-electron chi connectivity index (χ3n) is 1.52. The molecule has 1 aromatic rings. The molecule has 0 aliphatic rings. The zero-order valence-electron chi connectivity index (χ0n) is 6.44. The number of hydrogen-bond donors (Lipinski definition) is 1. The van der Waals surface area contributed by atoms with E-state index in [0.29, 0.717) is 6.42 Å². The van der Waals surface area contributed by atoms with Crippen molar-refractivity contribution in [2.75, 3.05) is 0 Å². The fourth-order valence-corrected chi connectivity index (χ4v) is 0.969. The second-order valence-electron chi connectivity index (χ2n) is 2.28. The molecule has 0 atom stereocenters. The van der Waals surface area contributed by atoms with Crippen molar-refractivity contribution in [1.82, 2.24) is 0 Å². The monoisotopic (exact) mass is 160 g/mol. The van der Waals surface area contributed by atoms with E-state index < -0.39 is 0 Å². The Morgan fingerprint density at radius 1 is 1.50 bits per heavy atom. The average Bonchev–Trinajstić information content (AvgIpc) is 2.09. The second-order valence-corrected chi connectivity index (χ2v) is 2.28. The largest absolute Gasteiger partial charge is 0.411 e. The molecule has 60 valence electrons. The van der Waals surface area contributed by atoms with E-state index in [4.69, 9.17) is 10.5 Å². The molecule has 1 aromatic carbocycles. The number of oxime groups is 1. The van der Waals surface area contributed by atoms with Crippen LogP contribution in [0.1, 0.15) is 11.1 Å². The van der Waals surface area contributed by atoms with Gasteiger partial charge in [0.1, 0.15) is 0 Å². The molecule has 12 heavy (non-hydrogen) atoms. The molecular formula is C9H8N2O. The Balaban J connectivity index is 3.01. The first-order chi connectivity index (χ1) is 5.88. The summed E-state index contributed by atoms with van der Waals surface area (Å²) in [5, 5.41) is 19.7. The van der Waals surface area contributed by atoms with Gasteiger partial charge < -0.3 is 5.21 Å². The van der Waals surface area contributed by atoms with Gasteiger partial charge in [-0.05, 0) is 5.56 Å². The maximum absolute atomic E-state index is 8.46. The lowest BCUT2D eigenvalue weighted by Gasteiger charge is -1.97. The molecule has 0 spiro atoms. The molecular weight excluding hydrogens is 152 g/mol. The zero-order chi connectivity index (χ0) is 8.81. The molecule has 0 saturated carbocycles. The molecule has 0 bridgehead atoms. The van der Waals surface area contributed by atoms with E-state index in [-0.39, 0.29) is 0 Å². The number of hydrogen-bond acceptors (Lipinski definition) is 3. The Labute approximate surface area is 70.6 Å². The van der Waals surface area contributed by atoms with Crippen LogP contribution in [0.5, 0.6) is 0 Å². The molecule has 0 aliphatic carbocycles. The first-order valence-corrected chi connectivity index (χ1v) is 3.50. The van der Waals surface area contributed by atoms with Crippen molar-refractivity contribution in [3.63, 3.8) is 0 Å². The maximum Gasteiger partial charge on any atom is 0.0736 e. The third-order valence-corrected chi connectivity index (χ3v) is 1.52. The molecule has 1 rings (SSSR count). The van der Waals surface area contributed by atoms with Crippen LogP contribution in [0.3, 0.4) is 0 Å². The third kappa shape index (κ3) is 1.83. The lowest BCUT2D eigenvalue weighted by molar-refractivity contribution is 0.322. The SMILES string of the molecule is N#CCc1ccccc1/C=N\O. The van der Waals surface area contributed by atoms with E-state index in [0.717, 1.165) is 11.1 Å². The van der Waals surface area contributed by atoms with Crippen LogP contribution in [0, 0.1) is 11.3 Å². The van der Waals surface area contributed by atoms with Gasteiger partial charge in [0, 0.05) is 5.56 Å². The van der Waals surface area contributed by atoms with Gasteiger partial charge in [0.05, 0.1) is 18.7 Å². The number of nitrogens with zero attached hydrogens (tertiary/aromatic N) is 2. The Kier molecular flexibility index (Phi) is 2.86. The Bertz CT molecular complexity index is 326. The van der Waals surface area contributed by atoms with Crippen LogP contribution in [0.2, 0.25) is 0 Å². The molecule has 0 aromatic heterocycles. The van der Waals surface area contributed by atoms with E-state index in [1.54, 1.807) is 6.07 Å². The molecule has 0 radical (unpaired) electrons. The van der Waals surface area contributed by atoms with Gasteiger partial charge in [0.2, 0.25) is 0 Å². The summed E-state index contributed by atoms with van der Waals surface area (Å²) >= 11 is 0. The Morgan fingerprint density at radius 3 is 2.92 bits per heavy atom. The first kappa shape index (κ1) is 8.28. The van der Waals surface area contributed by atoms with Crippen molar-refractivity contribution in [1.29, 1.82) is 5.26 Å². The van der Waals surface area contributed by atoms with Gasteiger partial charge in [-0.2, -0.15) is 5.26 Å². The summed E-state index contributed by atoms with van der Waals surface area (Å²) in [6.45, 7) is 0. The van der Waals surface area contributed by atoms with Crippen LogP contribution in [-0.4, -0.2) is 11.4 Å². The summed E-state index contributed by atoms with van der Waals surface area (Å²) in [5.74, 6) is 0. The highest BCUT2D eigenvalue weighted by Crippen LogP contribution is 2.06. The Hall–Kier alpha value is -1.82. The molecule has 3 nitrogen and oxygen atoms in total. The number of rotatable bonds is 2. The van der Waals surface area contributed by atoms with Crippen LogP contribution >= 0.6 is 0 Å². The highest BCUT2D eigenvalue weighted by molar-refractivity contribution is 5.81. The van der Waals surface area contributed by atoms with Crippen molar-refractivity contribution in [3.8, 4) is 6.07 Å². The van der Waals surface area contributed by atoms with Crippen molar-refractivity contribution in [3.05, 3.63) is 35.4 Å². The van der Waals surface area contributed by atoms with E-state index in [1.165, 1.54) is 6.21 Å². The minimum atomic E-state index is 0.336. The van der Waals surface area contributed by atoms with Crippen LogP contribution in [0.25, 0.3) is 0 Å². The predicted octanol–water partition coefficient (Wildman–Crippen LogP) is 1.56. The highest BCUT2D eigenvalue weighted by Gasteiger charge is 1.96. The summed E-state index contributed by atoms with van der Waals surface area (Å²) in [6, 6.07) is 9.35. The highest BCUT2D eigenvalue weighted by atomic mass is 16.4. The topological polar surface area (TPSA) is 56.4 Å². The summed E-state index contributed by atoms with van der Waals surface area (Å²) in [7, 11) is 0. The molecule has 0 amide bonds. The zero-order valence-corrected chi connectivity index (χ0v) is 6.44. The molecule has 0 heterocycles. The lowest BCUT2D eigenvalue weighted by Crippen LogP contribution is -1.90. The van der Waals surface area contributed by atoms with Gasteiger partial charge in [-0.25, -0.2) is 0 Å². The number of benzene rings is 1. The summed E-state index contributed by atoms with van der Waals surface area (Å²) in [6.07, 6.45) is 1.66. The van der Waals surface area contributed by atoms with Gasteiger partial charge in [-0.3, -0.25) is 0 Å². The summed E-state index contributed by atoms with van der Waals surface area (Å²) < 4.78 is 0. The molecule has 0 aliphatic heterocycles. The minimum absolute atomic E-state index is 0.336. The van der Waals surface area contributed by atoms with Crippen molar-refractivity contribution >= 4 is 6.21 Å². The van der Waals surface area contributed by atoms with Crippen molar-refractivity contribution in [2.45, 2.75) is 6.42 Å². The molecule has 3 heteroatoms. The minimum Gasteiger partial charge on any atom is -0.411 e. The van der Waals surface area contributed by atoms with E-state index in [2.05, 4.69) is 5.16 Å². The van der Waals surface area contributed by atoms with E-state index in [1.807, 2.05) is 24.3 Å². The van der Waals surface area contributed by atoms with Crippen LogP contribution in [0.4, 0.5) is 0 Å². The maximum atomic E-state index is 8.46. The van der Waals surface area contributed by atoms with Crippen LogP contribution in [-0.2, 0) is 6.42 Å². The quantitative estimate of drug-likeness (QED) is 0.405. The molecule has 0 saturated heterocycles.